The number of nitrogens with one attached hydrogen (secondary N) is 6. The van der Waals surface area contributed by atoms with Crippen molar-refractivity contribution in [3.8, 4) is 6.07 Å². The van der Waals surface area contributed by atoms with Crippen LogP contribution in [-0.4, -0.2) is 102 Å². The number of benzene rings is 6. The number of ketones is 7. The fraction of sp³-hybridized carbons (Fsp3) is 0.393. The number of carbonyl (C=O) groups is 7. The van der Waals surface area contributed by atoms with E-state index in [2.05, 4.69) is 214 Å². The molecule has 0 spiro atoms. The van der Waals surface area contributed by atoms with E-state index in [1.54, 1.807) is 0 Å². The largest absolute Gasteiger partial charge is 0.294 e. The molecule has 732 valence electrons. The quantitative estimate of drug-likeness (QED) is 0.0809. The van der Waals surface area contributed by atoms with Crippen molar-refractivity contribution in [2.45, 2.75) is 273 Å². The molecule has 0 saturated carbocycles. The van der Waals surface area contributed by atoms with E-state index in [-0.39, 0.29) is 61.5 Å². The van der Waals surface area contributed by atoms with Gasteiger partial charge in [-0.3, -0.25) is 64.2 Å². The zero-order chi connectivity index (χ0) is 101. The second kappa shape index (κ2) is 36.2. The van der Waals surface area contributed by atoms with Gasteiger partial charge in [0.15, 0.2) is 46.2 Å². The molecule has 6 atom stereocenters. The number of fused-ring (bicyclic) bond motifs is 6. The summed E-state index contributed by atoms with van der Waals surface area (Å²) >= 11 is 0. The van der Waals surface area contributed by atoms with Gasteiger partial charge in [-0.2, -0.15) is 35.1 Å². The molecule has 21 heteroatoms. The smallest absolute Gasteiger partial charge is 0.237 e. The molecule has 6 heterocycles. The Labute approximate surface area is 837 Å². The molecule has 0 fully saturated rings. The fourth-order valence-electron chi connectivity index (χ4n) is 27.4. The summed E-state index contributed by atoms with van der Waals surface area (Å²) in [5.74, 6) is 0.701. The maximum Gasteiger partial charge on any atom is 0.237 e. The van der Waals surface area contributed by atoms with E-state index in [1.807, 2.05) is 171 Å². The number of nitrogens with zero attached hydrogens (tertiary/aromatic N) is 7. The topological polar surface area (TPSA) is 315 Å². The Balaban J connectivity index is 0.000000109. The lowest BCUT2D eigenvalue weighted by Crippen LogP contribution is -2.41. The van der Waals surface area contributed by atoms with Gasteiger partial charge in [-0.25, -0.2) is 0 Å². The number of H-pyrrole nitrogens is 6. The summed E-state index contributed by atoms with van der Waals surface area (Å²) in [5.41, 5.74) is 29.7. The molecule has 6 aromatic heterocycles. The Morgan fingerprint density at radius 1 is 0.315 bits per heavy atom. The highest BCUT2D eigenvalue weighted by Crippen LogP contribution is 2.60. The number of rotatable bonds is 7. The molecule has 4 unspecified atom stereocenters. The van der Waals surface area contributed by atoms with Gasteiger partial charge in [0.1, 0.15) is 11.8 Å². The lowest BCUT2D eigenvalue weighted by atomic mass is 9.58. The molecule has 0 saturated heterocycles. The van der Waals surface area contributed by atoms with E-state index in [4.69, 9.17) is 0 Å². The summed E-state index contributed by atoms with van der Waals surface area (Å²) in [6.45, 7) is 38.1. The lowest BCUT2D eigenvalue weighted by molar-refractivity contribution is -0.119. The standard InChI is InChI=1S/C22H24N2O2.C20H21FN2O.C20H19N3O.3C20H22N2O/c1-13(25)20-19-16(23-24-20)10-14-11-21(2,3)12-17(26)18(14)22(19,4)15-8-6-5-7-9-15;1-19(2)10-12-9-14-17(18(21)23-22-14)20(3,16(12)15(24)11-19)13-7-5-4-6-8-13;1-20(2)9-13-8-14-19(15(11-21)23-22-14)18(17(13)16(24)10-20)12-6-4-3-5-7-12;3*1-19(2)10-13-9-16-15(12-21-22-16)20(3,18(13)17(23)11-19)14-7-5-4-6-8-14/h5-9H,10-12H2,1-4H3,(H,23,24);4-8H,9-11H2,1-3H3,(H,22,23);3-7,18H,8-10H2,1-2H3,(H,22,23);3*4-8,12H,9-11H2,1-3H3,(H,21,22)/t;;;2*20-;/m...10./s1. The van der Waals surface area contributed by atoms with Gasteiger partial charge in [0, 0.05) is 213 Å². The van der Waals surface area contributed by atoms with E-state index < -0.39 is 33.0 Å². The number of hydrogen-bond acceptors (Lipinski definition) is 14. The van der Waals surface area contributed by atoms with Crippen LogP contribution in [0.1, 0.15) is 325 Å². The van der Waals surface area contributed by atoms with Crippen molar-refractivity contribution in [2.75, 3.05) is 0 Å². The molecule has 20 nitrogen and oxygen atoms in total. The van der Waals surface area contributed by atoms with Crippen molar-refractivity contribution in [1.82, 2.24) is 61.2 Å². The van der Waals surface area contributed by atoms with Crippen LogP contribution in [-0.2, 0) is 94.4 Å². The molecule has 12 aliphatic carbocycles. The zero-order valence-corrected chi connectivity index (χ0v) is 85.7. The van der Waals surface area contributed by atoms with Crippen LogP contribution < -0.4 is 0 Å². The molecule has 0 aliphatic heterocycles. The van der Waals surface area contributed by atoms with Crippen LogP contribution in [0.2, 0.25) is 0 Å². The van der Waals surface area contributed by atoms with Crippen molar-refractivity contribution in [2.24, 2.45) is 32.5 Å². The van der Waals surface area contributed by atoms with Crippen LogP contribution in [0.15, 0.2) is 267 Å². The molecule has 24 rings (SSSR count). The minimum Gasteiger partial charge on any atom is -0.294 e. The Kier molecular flexibility index (Phi) is 24.8. The zero-order valence-electron chi connectivity index (χ0n) is 85.7. The highest BCUT2D eigenvalue weighted by atomic mass is 19.1. The average molecular weight is 1910 g/mol. The summed E-state index contributed by atoms with van der Waals surface area (Å²) < 4.78 is 14.6. The minimum atomic E-state index is -0.783. The Morgan fingerprint density at radius 3 is 0.909 bits per heavy atom. The molecule has 0 amide bonds. The highest BCUT2D eigenvalue weighted by molar-refractivity contribution is 6.06. The molecule has 12 aliphatic rings. The predicted octanol–water partition coefficient (Wildman–Crippen LogP) is 23.8. The van der Waals surface area contributed by atoms with E-state index in [9.17, 15) is 43.2 Å². The van der Waals surface area contributed by atoms with Crippen molar-refractivity contribution in [1.29, 1.82) is 5.26 Å². The first kappa shape index (κ1) is 97.9. The van der Waals surface area contributed by atoms with Gasteiger partial charge in [-0.1, -0.05) is 299 Å². The average Bonchev–Trinajstić information content (AvgIpc) is 1.35. The van der Waals surface area contributed by atoms with Crippen molar-refractivity contribution < 1.29 is 38.0 Å². The maximum absolute atomic E-state index is 14.6. The summed E-state index contributed by atoms with van der Waals surface area (Å²) in [6, 6.07) is 63.1. The Bertz CT molecular complexity index is 7080. The Hall–Kier alpha value is -13.9. The summed E-state index contributed by atoms with van der Waals surface area (Å²) in [7, 11) is 0. The molecule has 0 bridgehead atoms. The van der Waals surface area contributed by atoms with E-state index in [0.29, 0.717) is 92.1 Å². The molecule has 6 N–H and O–H groups in total. The number of aromatic nitrogens is 12. The first-order valence-electron chi connectivity index (χ1n) is 50.6. The van der Waals surface area contributed by atoms with Crippen LogP contribution in [0.3, 0.4) is 0 Å². The maximum atomic E-state index is 14.6. The normalized spacial score (nSPS) is 24.9. The number of aromatic amines is 6. The second-order valence-electron chi connectivity index (χ2n) is 47.6. The lowest BCUT2D eigenvalue weighted by Gasteiger charge is -2.43. The van der Waals surface area contributed by atoms with Gasteiger partial charge in [0.2, 0.25) is 5.95 Å². The minimum absolute atomic E-state index is 0.00720. The molecular weight excluding hydrogens is 1780 g/mol. The first-order valence-corrected chi connectivity index (χ1v) is 50.6. The number of allylic oxidation sites excluding steroid dienone is 12. The van der Waals surface area contributed by atoms with Crippen LogP contribution in [0.4, 0.5) is 4.39 Å². The van der Waals surface area contributed by atoms with Crippen LogP contribution in [0.5, 0.6) is 0 Å². The fourth-order valence-corrected chi connectivity index (χ4v) is 27.4. The molecule has 0 radical (unpaired) electrons. The molecule has 12 aromatic rings. The summed E-state index contributed by atoms with van der Waals surface area (Å²) in [5, 5.41) is 53.1. The van der Waals surface area contributed by atoms with Crippen LogP contribution >= 0.6 is 0 Å². The predicted molar refractivity (Wildman–Crippen MR) is 551 cm³/mol. The number of Topliss-reactive ketones (excluding diaryl/α,β-unsaturated/α-hetero) is 7. The molecule has 6 aromatic carbocycles. The number of halogens is 1. The SMILES string of the molecule is CC(=O)c1n[nH]c2c1C(C)(c1ccccc1)C1=C(C2)CC(C)(C)CC1=O.CC1(C)CC(=O)C2=C(Cc3[nH]nc(C#N)c3C2c2ccccc2)C1.CC1(C)CC(=O)C2=C(Cc3[nH]nc(F)c3C2(C)c2ccccc2)C1.CC1(C)CC(=O)C2=C(Cc3[nH]ncc3C2(C)c2ccccc2)C1.CC1(C)CC(=O)C2=C(Cc3[nH]ncc3[C@@]2(C)c2ccccc2)C1.CC1(C)CC(=O)C2=C(Cc3[nH]ncc3[C@]2(C)c2ccccc2)C1. The van der Waals surface area contributed by atoms with E-state index >= 15 is 0 Å². The third-order valence-corrected chi connectivity index (χ3v) is 32.9. The first-order chi connectivity index (χ1) is 67.8. The molecular formula is C122H130FN13O7. The number of carbonyl (C=O) groups excluding carboxylic acids is 7. The summed E-state index contributed by atoms with van der Waals surface area (Å²) in [4.78, 5) is 90.8. The number of nitriles is 1. The van der Waals surface area contributed by atoms with Crippen LogP contribution in [0.25, 0.3) is 0 Å². The van der Waals surface area contributed by atoms with Gasteiger partial charge in [0.25, 0.3) is 0 Å². The van der Waals surface area contributed by atoms with Gasteiger partial charge < -0.3 is 0 Å². The Morgan fingerprint density at radius 2 is 0.580 bits per heavy atom. The van der Waals surface area contributed by atoms with E-state index in [0.717, 1.165) is 175 Å². The second-order valence-corrected chi connectivity index (χ2v) is 47.6. The third-order valence-electron chi connectivity index (χ3n) is 32.9. The van der Waals surface area contributed by atoms with Crippen LogP contribution in [0, 0.1) is 49.8 Å². The van der Waals surface area contributed by atoms with Gasteiger partial charge in [0.05, 0.1) is 24.0 Å². The van der Waals surface area contributed by atoms with Crippen molar-refractivity contribution in [3.63, 3.8) is 0 Å². The summed E-state index contributed by atoms with van der Waals surface area (Å²) in [6.07, 6.45) is 19.2. The monoisotopic (exact) mass is 1910 g/mol. The highest BCUT2D eigenvalue weighted by Gasteiger charge is 2.56. The third kappa shape index (κ3) is 17.3. The van der Waals surface area contributed by atoms with E-state index in [1.165, 1.54) is 51.5 Å². The molecule has 143 heavy (non-hydrogen) atoms. The van der Waals surface area contributed by atoms with Crippen molar-refractivity contribution in [3.05, 3.63) is 386 Å². The number of hydrogen-bond donors (Lipinski definition) is 6. The van der Waals surface area contributed by atoms with Gasteiger partial charge in [-0.15, -0.1) is 5.10 Å². The van der Waals surface area contributed by atoms with Gasteiger partial charge >= 0.3 is 0 Å². The van der Waals surface area contributed by atoms with Crippen molar-refractivity contribution >= 4 is 40.5 Å². The van der Waals surface area contributed by atoms with Gasteiger partial charge in [-0.05, 0) is 139 Å².